The Bertz CT molecular complexity index is 1460. The summed E-state index contributed by atoms with van der Waals surface area (Å²) in [5, 5.41) is 0.638. The summed E-state index contributed by atoms with van der Waals surface area (Å²) in [5.74, 6) is 0.818. The Hall–Kier alpha value is -3.80. The van der Waals surface area contributed by atoms with Crippen LogP contribution in [-0.2, 0) is 21.5 Å². The van der Waals surface area contributed by atoms with Gasteiger partial charge in [-0.15, -0.1) is 0 Å². The van der Waals surface area contributed by atoms with E-state index >= 15 is 0 Å². The summed E-state index contributed by atoms with van der Waals surface area (Å²) in [6.07, 6.45) is -2.86. The van der Waals surface area contributed by atoms with E-state index in [1.807, 2.05) is 42.2 Å². The number of esters is 1. The fraction of sp³-hybridized carbons (Fsp3) is 0.438. The molecule has 0 saturated carbocycles. The van der Waals surface area contributed by atoms with Crippen molar-refractivity contribution in [1.82, 2.24) is 14.9 Å². The fourth-order valence-electron chi connectivity index (χ4n) is 5.51. The van der Waals surface area contributed by atoms with Crippen molar-refractivity contribution in [3.05, 3.63) is 77.0 Å². The molecule has 1 amide bonds. The summed E-state index contributed by atoms with van der Waals surface area (Å²) >= 11 is 1.50. The molecule has 0 aliphatic carbocycles. The standard InChI is InChI=1S/C32H36F3N5O3S/c1-3-43-30(42)25-6-5-13-40(20-25)29(41)24-11-9-23(10-12-24)21-44-31-36-22(2)18-28(37-31)39-16-14-38(15-17-39)27-8-4-7-26(19-27)32(33,34)35/h4,7-12,18-19,25H,3,5-6,13-17,20-21H2,1-2H3/t25-/m1/s1. The first-order chi connectivity index (χ1) is 21.1. The Kier molecular flexibility index (Phi) is 9.97. The molecule has 44 heavy (non-hydrogen) atoms. The molecule has 1 atom stereocenters. The third kappa shape index (κ3) is 7.82. The van der Waals surface area contributed by atoms with Crippen LogP contribution in [0.1, 0.15) is 46.9 Å². The SMILES string of the molecule is CCOC(=O)[C@@H]1CCCN(C(=O)c2ccc(CSc3nc(C)cc(N4CCN(c5cccc(C(F)(F)F)c5)CC4)n3)cc2)C1. The highest BCUT2D eigenvalue weighted by atomic mass is 32.2. The molecule has 2 fully saturated rings. The van der Waals surface area contributed by atoms with Crippen LogP contribution in [0.3, 0.4) is 0 Å². The van der Waals surface area contributed by atoms with Gasteiger partial charge in [-0.05, 0) is 62.6 Å². The number of aromatic nitrogens is 2. The van der Waals surface area contributed by atoms with E-state index in [4.69, 9.17) is 9.72 Å². The van der Waals surface area contributed by atoms with Gasteiger partial charge in [0, 0.05) is 68.0 Å². The molecule has 2 aliphatic rings. The number of hydrogen-bond acceptors (Lipinski definition) is 8. The zero-order chi connectivity index (χ0) is 31.3. The molecule has 3 heterocycles. The van der Waals surface area contributed by atoms with Gasteiger partial charge in [-0.2, -0.15) is 13.2 Å². The number of thioether (sulfide) groups is 1. The summed E-state index contributed by atoms with van der Waals surface area (Å²) in [5.41, 5.74) is 2.37. The number of piperidine rings is 1. The van der Waals surface area contributed by atoms with Crippen LogP contribution in [0.4, 0.5) is 24.7 Å². The van der Waals surface area contributed by atoms with Crippen LogP contribution in [0.2, 0.25) is 0 Å². The molecule has 1 aromatic heterocycles. The van der Waals surface area contributed by atoms with Crippen LogP contribution in [0.5, 0.6) is 0 Å². The Morgan fingerprint density at radius 2 is 1.70 bits per heavy atom. The number of piperazine rings is 1. The van der Waals surface area contributed by atoms with E-state index in [2.05, 4.69) is 9.88 Å². The quantitative estimate of drug-likeness (QED) is 0.175. The third-order valence-corrected chi connectivity index (χ3v) is 8.78. The Morgan fingerprint density at radius 1 is 0.977 bits per heavy atom. The number of halogens is 3. The zero-order valence-electron chi connectivity index (χ0n) is 24.8. The molecule has 0 radical (unpaired) electrons. The van der Waals surface area contributed by atoms with E-state index in [1.54, 1.807) is 17.9 Å². The van der Waals surface area contributed by atoms with Crippen molar-refractivity contribution in [3.8, 4) is 0 Å². The van der Waals surface area contributed by atoms with Gasteiger partial charge < -0.3 is 19.4 Å². The molecule has 3 aromatic rings. The highest BCUT2D eigenvalue weighted by Gasteiger charge is 2.32. The summed E-state index contributed by atoms with van der Waals surface area (Å²) in [7, 11) is 0. The molecule has 8 nitrogen and oxygen atoms in total. The number of aryl methyl sites for hydroxylation is 1. The topological polar surface area (TPSA) is 78.9 Å². The van der Waals surface area contributed by atoms with Gasteiger partial charge in [0.25, 0.3) is 5.91 Å². The highest BCUT2D eigenvalue weighted by Crippen LogP contribution is 2.32. The minimum absolute atomic E-state index is 0.0852. The number of benzene rings is 2. The zero-order valence-corrected chi connectivity index (χ0v) is 25.7. The van der Waals surface area contributed by atoms with Crippen molar-refractivity contribution in [2.45, 2.75) is 43.8 Å². The molecule has 234 valence electrons. The lowest BCUT2D eigenvalue weighted by Crippen LogP contribution is -2.47. The number of carbonyl (C=O) groups is 2. The average Bonchev–Trinajstić information content (AvgIpc) is 3.03. The molecule has 12 heteroatoms. The van der Waals surface area contributed by atoms with Crippen molar-refractivity contribution in [3.63, 3.8) is 0 Å². The summed E-state index contributed by atoms with van der Waals surface area (Å²) in [4.78, 5) is 40.5. The van der Waals surface area contributed by atoms with E-state index in [0.717, 1.165) is 36.0 Å². The van der Waals surface area contributed by atoms with Crippen LogP contribution >= 0.6 is 11.8 Å². The number of nitrogens with zero attached hydrogens (tertiary/aromatic N) is 5. The van der Waals surface area contributed by atoms with Crippen molar-refractivity contribution in [2.24, 2.45) is 5.92 Å². The van der Waals surface area contributed by atoms with Crippen LogP contribution in [0.25, 0.3) is 0 Å². The smallest absolute Gasteiger partial charge is 0.416 e. The minimum atomic E-state index is -4.37. The molecular formula is C32H36F3N5O3S. The van der Waals surface area contributed by atoms with Crippen molar-refractivity contribution >= 4 is 35.1 Å². The normalized spacial score (nSPS) is 17.5. The van der Waals surface area contributed by atoms with Crippen molar-refractivity contribution in [2.75, 3.05) is 55.7 Å². The van der Waals surface area contributed by atoms with Crippen LogP contribution in [0.15, 0.2) is 59.8 Å². The second-order valence-electron chi connectivity index (χ2n) is 11.0. The van der Waals surface area contributed by atoms with E-state index in [-0.39, 0.29) is 17.8 Å². The van der Waals surface area contributed by atoms with Gasteiger partial charge in [-0.1, -0.05) is 30.0 Å². The summed E-state index contributed by atoms with van der Waals surface area (Å²) < 4.78 is 44.7. The van der Waals surface area contributed by atoms with E-state index < -0.39 is 11.7 Å². The minimum Gasteiger partial charge on any atom is -0.466 e. The van der Waals surface area contributed by atoms with Gasteiger partial charge in [0.05, 0.1) is 18.1 Å². The fourth-order valence-corrected chi connectivity index (χ4v) is 6.37. The monoisotopic (exact) mass is 627 g/mol. The maximum atomic E-state index is 13.2. The van der Waals surface area contributed by atoms with E-state index in [9.17, 15) is 22.8 Å². The first-order valence-electron chi connectivity index (χ1n) is 14.8. The van der Waals surface area contributed by atoms with Crippen LogP contribution in [-0.4, -0.2) is 72.6 Å². The van der Waals surface area contributed by atoms with Crippen LogP contribution in [0, 0.1) is 12.8 Å². The molecule has 5 rings (SSSR count). The predicted molar refractivity (Wildman–Crippen MR) is 164 cm³/mol. The first-order valence-corrected chi connectivity index (χ1v) is 15.8. The maximum Gasteiger partial charge on any atom is 0.416 e. The molecule has 0 unspecified atom stereocenters. The number of ether oxygens (including phenoxy) is 1. The number of hydrogen-bond donors (Lipinski definition) is 0. The van der Waals surface area contributed by atoms with E-state index in [1.165, 1.54) is 23.9 Å². The highest BCUT2D eigenvalue weighted by molar-refractivity contribution is 7.98. The average molecular weight is 628 g/mol. The lowest BCUT2D eigenvalue weighted by Gasteiger charge is -2.37. The second kappa shape index (κ2) is 13.9. The molecule has 0 N–H and O–H groups in total. The largest absolute Gasteiger partial charge is 0.466 e. The predicted octanol–water partition coefficient (Wildman–Crippen LogP) is 5.84. The first kappa shape index (κ1) is 31.6. The Labute approximate surface area is 259 Å². The van der Waals surface area contributed by atoms with Crippen LogP contribution < -0.4 is 9.80 Å². The van der Waals surface area contributed by atoms with E-state index in [0.29, 0.717) is 68.0 Å². The molecular weight excluding hydrogens is 591 g/mol. The number of carbonyl (C=O) groups excluding carboxylic acids is 2. The number of alkyl halides is 3. The van der Waals surface area contributed by atoms with Gasteiger partial charge in [0.2, 0.25) is 0 Å². The molecule has 0 spiro atoms. The molecule has 2 saturated heterocycles. The van der Waals surface area contributed by atoms with Gasteiger partial charge >= 0.3 is 12.1 Å². The Balaban J connectivity index is 1.16. The van der Waals surface area contributed by atoms with Gasteiger partial charge in [0.1, 0.15) is 5.82 Å². The third-order valence-electron chi connectivity index (χ3n) is 7.86. The molecule has 0 bridgehead atoms. The number of anilines is 2. The van der Waals surface area contributed by atoms with Crippen molar-refractivity contribution in [1.29, 1.82) is 0 Å². The van der Waals surface area contributed by atoms with Gasteiger partial charge in [-0.25, -0.2) is 9.97 Å². The second-order valence-corrected chi connectivity index (χ2v) is 11.9. The Morgan fingerprint density at radius 3 is 2.41 bits per heavy atom. The molecule has 2 aromatic carbocycles. The molecule has 2 aliphatic heterocycles. The summed E-state index contributed by atoms with van der Waals surface area (Å²) in [6.45, 7) is 7.46. The maximum absolute atomic E-state index is 13.2. The summed E-state index contributed by atoms with van der Waals surface area (Å²) in [6, 6.07) is 14.9. The lowest BCUT2D eigenvalue weighted by molar-refractivity contribution is -0.149. The number of rotatable bonds is 8. The lowest BCUT2D eigenvalue weighted by atomic mass is 9.97. The number of amides is 1. The number of likely N-dealkylation sites (tertiary alicyclic amines) is 1. The van der Waals surface area contributed by atoms with Gasteiger partial charge in [0.15, 0.2) is 5.16 Å². The van der Waals surface area contributed by atoms with Crippen molar-refractivity contribution < 1.29 is 27.5 Å². The van der Waals surface area contributed by atoms with Gasteiger partial charge in [-0.3, -0.25) is 9.59 Å².